The smallest absolute Gasteiger partial charge is 0.266 e. The number of fused-ring (bicyclic) bond motifs is 3. The number of anilines is 1. The normalized spacial score (nSPS) is 12.5. The Hall–Kier alpha value is -2.68. The second kappa shape index (κ2) is 5.99. The topological polar surface area (TPSA) is 102 Å². The molecule has 0 aliphatic heterocycles. The molecule has 0 aliphatic carbocycles. The molecule has 1 atom stereocenters. The molecule has 25 heavy (non-hydrogen) atoms. The Labute approximate surface area is 148 Å². The van der Waals surface area contributed by atoms with E-state index < -0.39 is 11.3 Å². The predicted molar refractivity (Wildman–Crippen MR) is 101 cm³/mol. The van der Waals surface area contributed by atoms with Gasteiger partial charge in [-0.05, 0) is 41.3 Å². The number of benzene rings is 2. The minimum absolute atomic E-state index is 0.0958. The molecule has 4 rings (SSSR count). The van der Waals surface area contributed by atoms with Gasteiger partial charge < -0.3 is 10.1 Å². The summed E-state index contributed by atoms with van der Waals surface area (Å²) in [6.45, 7) is 0. The third-order valence-electron chi connectivity index (χ3n) is 3.95. The van der Waals surface area contributed by atoms with Crippen LogP contribution in [0.5, 0.6) is 5.75 Å². The fourth-order valence-electron chi connectivity index (χ4n) is 2.93. The largest absolute Gasteiger partial charge is 0.507 e. The van der Waals surface area contributed by atoms with Crippen LogP contribution < -0.4 is 10.3 Å². The van der Waals surface area contributed by atoms with Gasteiger partial charge in [0.25, 0.3) is 16.8 Å². The van der Waals surface area contributed by atoms with Gasteiger partial charge in [-0.2, -0.15) is 0 Å². The minimum atomic E-state index is -2.15. The highest BCUT2D eigenvalue weighted by molar-refractivity contribution is 7.80. The average molecular weight is 372 g/mol. The molecule has 6 nitrogen and oxygen atoms in total. The van der Waals surface area contributed by atoms with Crippen molar-refractivity contribution in [3.8, 4) is 16.9 Å². The summed E-state index contributed by atoms with van der Waals surface area (Å²) in [4.78, 5) is 15.0. The van der Waals surface area contributed by atoms with Crippen molar-refractivity contribution in [2.75, 3.05) is 4.72 Å². The molecule has 0 radical (unpaired) electrons. The number of H-pyrrole nitrogens is 1. The molecule has 0 aliphatic rings. The lowest BCUT2D eigenvalue weighted by Crippen LogP contribution is -2.04. The maximum absolute atomic E-state index is 12.2. The number of aromatic hydroxyl groups is 1. The highest BCUT2D eigenvalue weighted by Crippen LogP contribution is 2.39. The van der Waals surface area contributed by atoms with E-state index in [4.69, 9.17) is 4.55 Å². The van der Waals surface area contributed by atoms with E-state index in [0.717, 1.165) is 16.3 Å². The molecule has 2 aromatic heterocycles. The van der Waals surface area contributed by atoms with E-state index in [0.29, 0.717) is 21.5 Å². The van der Waals surface area contributed by atoms with E-state index in [1.54, 1.807) is 36.4 Å². The van der Waals surface area contributed by atoms with Gasteiger partial charge in [-0.1, -0.05) is 12.1 Å². The van der Waals surface area contributed by atoms with Crippen molar-refractivity contribution < 1.29 is 13.9 Å². The number of hydrogen-bond donors (Lipinski definition) is 4. The van der Waals surface area contributed by atoms with Gasteiger partial charge in [-0.3, -0.25) is 14.1 Å². The van der Waals surface area contributed by atoms with Gasteiger partial charge >= 0.3 is 0 Å². The number of aromatic nitrogens is 1. The Morgan fingerprint density at radius 1 is 1.08 bits per heavy atom. The monoisotopic (exact) mass is 372 g/mol. The zero-order chi connectivity index (χ0) is 17.6. The summed E-state index contributed by atoms with van der Waals surface area (Å²) in [5, 5.41) is 13.8. The summed E-state index contributed by atoms with van der Waals surface area (Å²) in [5.74, 6) is 0.0958. The number of thiophene rings is 1. The third-order valence-corrected chi connectivity index (χ3v) is 5.27. The second-order valence-corrected chi connectivity index (χ2v) is 7.05. The van der Waals surface area contributed by atoms with Gasteiger partial charge in [-0.15, -0.1) is 11.3 Å². The van der Waals surface area contributed by atoms with Crippen LogP contribution >= 0.6 is 11.3 Å². The Bertz CT molecular complexity index is 1180. The molecule has 0 spiro atoms. The maximum Gasteiger partial charge on any atom is 0.266 e. The summed E-state index contributed by atoms with van der Waals surface area (Å²) in [6, 6.07) is 11.9. The van der Waals surface area contributed by atoms with E-state index >= 15 is 0 Å². The van der Waals surface area contributed by atoms with Crippen LogP contribution in [0.3, 0.4) is 0 Å². The van der Waals surface area contributed by atoms with Crippen molar-refractivity contribution in [1.29, 1.82) is 0 Å². The lowest BCUT2D eigenvalue weighted by Gasteiger charge is -2.11. The molecule has 0 saturated heterocycles. The van der Waals surface area contributed by atoms with Crippen molar-refractivity contribution in [1.82, 2.24) is 4.98 Å². The van der Waals surface area contributed by atoms with Gasteiger partial charge in [-0.25, -0.2) is 4.21 Å². The van der Waals surface area contributed by atoms with Crippen LogP contribution in [0, 0.1) is 0 Å². The quantitative estimate of drug-likeness (QED) is 0.412. The Balaban J connectivity index is 2.00. The first-order chi connectivity index (χ1) is 12.0. The van der Waals surface area contributed by atoms with E-state index in [-0.39, 0.29) is 11.3 Å². The van der Waals surface area contributed by atoms with E-state index in [1.165, 1.54) is 11.3 Å². The molecule has 0 saturated carbocycles. The van der Waals surface area contributed by atoms with Crippen LogP contribution in [0.1, 0.15) is 0 Å². The molecule has 2 heterocycles. The van der Waals surface area contributed by atoms with Crippen LogP contribution in [-0.4, -0.2) is 18.9 Å². The Kier molecular flexibility index (Phi) is 3.79. The first-order valence-corrected chi connectivity index (χ1v) is 9.26. The lowest BCUT2D eigenvalue weighted by atomic mass is 9.97. The maximum atomic E-state index is 12.2. The van der Waals surface area contributed by atoms with E-state index in [1.807, 2.05) is 11.4 Å². The van der Waals surface area contributed by atoms with Gasteiger partial charge in [0.05, 0.1) is 0 Å². The van der Waals surface area contributed by atoms with E-state index in [9.17, 15) is 14.1 Å². The third kappa shape index (κ3) is 2.70. The molecular weight excluding hydrogens is 360 g/mol. The van der Waals surface area contributed by atoms with Crippen molar-refractivity contribution in [3.63, 3.8) is 0 Å². The minimum Gasteiger partial charge on any atom is -0.507 e. The Morgan fingerprint density at radius 3 is 2.56 bits per heavy atom. The summed E-state index contributed by atoms with van der Waals surface area (Å²) < 4.78 is 22.7. The molecule has 2 aromatic carbocycles. The zero-order valence-electron chi connectivity index (χ0n) is 12.6. The lowest BCUT2D eigenvalue weighted by molar-refractivity contribution is 0.478. The first kappa shape index (κ1) is 15.8. The van der Waals surface area contributed by atoms with Gasteiger partial charge in [0.2, 0.25) is 0 Å². The van der Waals surface area contributed by atoms with E-state index in [2.05, 4.69) is 9.71 Å². The molecule has 0 bridgehead atoms. The number of rotatable bonds is 3. The van der Waals surface area contributed by atoms with Crippen LogP contribution in [-0.2, 0) is 11.3 Å². The van der Waals surface area contributed by atoms with Crippen molar-refractivity contribution in [2.45, 2.75) is 0 Å². The van der Waals surface area contributed by atoms with Gasteiger partial charge in [0, 0.05) is 27.5 Å². The number of aromatic amines is 1. The summed E-state index contributed by atoms with van der Waals surface area (Å²) in [6.07, 6.45) is 0. The molecule has 0 amide bonds. The number of phenols is 1. The summed E-state index contributed by atoms with van der Waals surface area (Å²) >= 11 is -0.797. The van der Waals surface area contributed by atoms with Crippen molar-refractivity contribution in [2.24, 2.45) is 0 Å². The van der Waals surface area contributed by atoms with Crippen molar-refractivity contribution >= 4 is 49.3 Å². The molecule has 126 valence electrons. The summed E-state index contributed by atoms with van der Waals surface area (Å²) in [5.41, 5.74) is 2.31. The zero-order valence-corrected chi connectivity index (χ0v) is 14.3. The number of pyridine rings is 1. The molecule has 0 fully saturated rings. The molecule has 4 N–H and O–H groups in total. The number of nitrogens with one attached hydrogen (secondary N) is 2. The fourth-order valence-corrected chi connectivity index (χ4v) is 4.07. The summed E-state index contributed by atoms with van der Waals surface area (Å²) in [7, 11) is 0. The highest BCUT2D eigenvalue weighted by Gasteiger charge is 2.15. The molecule has 4 aromatic rings. The van der Waals surface area contributed by atoms with Crippen LogP contribution in [0.2, 0.25) is 0 Å². The molecule has 8 heteroatoms. The average Bonchev–Trinajstić information content (AvgIpc) is 3.06. The van der Waals surface area contributed by atoms with Crippen LogP contribution in [0.4, 0.5) is 5.69 Å². The van der Waals surface area contributed by atoms with Gasteiger partial charge in [0.1, 0.15) is 10.4 Å². The van der Waals surface area contributed by atoms with Crippen LogP contribution in [0.25, 0.3) is 32.1 Å². The number of phenolic OH excluding ortho intramolecular Hbond substituents is 1. The second-order valence-electron chi connectivity index (χ2n) is 5.43. The highest BCUT2D eigenvalue weighted by atomic mass is 32.2. The molecular formula is C17H12N2O4S2. The predicted octanol–water partition coefficient (Wildman–Crippen LogP) is 3.66. The SMILES string of the molecule is O=c1[nH]c2ccc(O)c(-c3ccc(NS(=O)O)cc3)c2c2ccsc12. The number of hydrogen-bond acceptors (Lipinski definition) is 4. The molecule has 1 unspecified atom stereocenters. The Morgan fingerprint density at radius 2 is 1.84 bits per heavy atom. The van der Waals surface area contributed by atoms with Crippen molar-refractivity contribution in [3.05, 3.63) is 58.2 Å². The van der Waals surface area contributed by atoms with Crippen LogP contribution in [0.15, 0.2) is 52.6 Å². The van der Waals surface area contributed by atoms with Gasteiger partial charge in [0.15, 0.2) is 0 Å². The fraction of sp³-hybridized carbons (Fsp3) is 0. The first-order valence-electron chi connectivity index (χ1n) is 7.27. The standard InChI is InChI=1S/C17H12N2O4S2/c20-13-6-5-12-15(11-7-8-24-16(11)17(21)18-12)14(13)9-1-3-10(4-2-9)19-25(22)23/h1-8,19-20H,(H,18,21)(H,22,23).